The number of rotatable bonds is 11. The lowest BCUT2D eigenvalue weighted by molar-refractivity contribution is -0.126. The molecule has 0 saturated carbocycles. The van der Waals surface area contributed by atoms with Crippen LogP contribution in [-0.2, 0) is 9.59 Å². The molecule has 0 aliphatic heterocycles. The van der Waals surface area contributed by atoms with E-state index in [2.05, 4.69) is 10.2 Å². The molecule has 33 heavy (non-hydrogen) atoms. The number of hydrogen-bond donors (Lipinski definition) is 0. The largest absolute Gasteiger partial charge is 0.495 e. The van der Waals surface area contributed by atoms with Crippen LogP contribution in [-0.4, -0.2) is 45.2 Å². The molecule has 0 bridgehead atoms. The van der Waals surface area contributed by atoms with E-state index < -0.39 is 17.7 Å². The predicted molar refractivity (Wildman–Crippen MR) is 126 cm³/mol. The highest BCUT2D eigenvalue weighted by molar-refractivity contribution is 6.39. The molecule has 2 rings (SSSR count). The molecule has 0 fully saturated rings. The number of anilines is 1. The van der Waals surface area contributed by atoms with E-state index in [1.165, 1.54) is 33.3 Å². The maximum Gasteiger partial charge on any atom is 0.276 e. The smallest absolute Gasteiger partial charge is 0.276 e. The van der Waals surface area contributed by atoms with E-state index in [9.17, 15) is 9.59 Å². The molecular formula is C22H25Cl2N3O6. The monoisotopic (exact) mass is 497 g/mol. The van der Waals surface area contributed by atoms with Gasteiger partial charge in [0.2, 0.25) is 6.04 Å². The first kappa shape index (κ1) is 26.2. The van der Waals surface area contributed by atoms with Crippen LogP contribution in [0.1, 0.15) is 20.8 Å². The van der Waals surface area contributed by atoms with Gasteiger partial charge in [-0.05, 0) is 32.9 Å². The second-order valence-electron chi connectivity index (χ2n) is 6.51. The summed E-state index contributed by atoms with van der Waals surface area (Å²) in [5, 5.41) is 8.19. The summed E-state index contributed by atoms with van der Waals surface area (Å²) in [6.45, 7) is 5.65. The van der Waals surface area contributed by atoms with Crippen molar-refractivity contribution in [2.45, 2.75) is 26.8 Å². The highest BCUT2D eigenvalue weighted by Crippen LogP contribution is 2.38. The van der Waals surface area contributed by atoms with E-state index in [4.69, 9.17) is 42.3 Å². The maximum atomic E-state index is 13.0. The van der Waals surface area contributed by atoms with Crippen molar-refractivity contribution in [3.63, 3.8) is 0 Å². The van der Waals surface area contributed by atoms with E-state index in [1.54, 1.807) is 25.1 Å². The number of ketones is 1. The normalized spacial score (nSPS) is 11.7. The highest BCUT2D eigenvalue weighted by Gasteiger charge is 2.30. The zero-order valence-corrected chi connectivity index (χ0v) is 20.4. The summed E-state index contributed by atoms with van der Waals surface area (Å²) in [6.07, 6.45) is 0. The minimum Gasteiger partial charge on any atom is -0.495 e. The number of carbonyl (C=O) groups is 2. The third-order valence-electron chi connectivity index (χ3n) is 4.29. The molecule has 0 heterocycles. The molecule has 2 aromatic rings. The zero-order valence-electron chi connectivity index (χ0n) is 18.9. The van der Waals surface area contributed by atoms with Crippen molar-refractivity contribution in [2.24, 2.45) is 10.2 Å². The standard InChI is InChI=1S/C22H25Cl2N3O6/c1-6-32-15-8-9-16(17(12-15)33-7-2)27(24)22(29)21(13(3)28)26-25-14-10-18(30-4)20(23)19(11-14)31-5/h8-12,21H,6-7H2,1-5H3. The lowest BCUT2D eigenvalue weighted by Gasteiger charge is -2.20. The number of nitrogens with zero attached hydrogens (tertiary/aromatic N) is 3. The molecule has 1 unspecified atom stereocenters. The molecule has 0 saturated heterocycles. The minimum atomic E-state index is -1.49. The maximum absolute atomic E-state index is 13.0. The van der Waals surface area contributed by atoms with Gasteiger partial charge in [0.25, 0.3) is 5.91 Å². The molecule has 0 aliphatic rings. The molecule has 9 nitrogen and oxygen atoms in total. The molecule has 0 spiro atoms. The summed E-state index contributed by atoms with van der Waals surface area (Å²) in [5.74, 6) is 0.113. The molecule has 0 aliphatic carbocycles. The first-order valence-electron chi connectivity index (χ1n) is 9.99. The Hall–Kier alpha value is -3.04. The Bertz CT molecular complexity index is 1010. The Labute approximate surface area is 202 Å². The SMILES string of the molecule is CCOc1ccc(N(Cl)C(=O)C(N=Nc2cc(OC)c(Cl)c(OC)c2)C(C)=O)c(OCC)c1. The van der Waals surface area contributed by atoms with Gasteiger partial charge in [-0.15, -0.1) is 0 Å². The molecule has 1 amide bonds. The van der Waals surface area contributed by atoms with Crippen molar-refractivity contribution in [1.82, 2.24) is 0 Å². The predicted octanol–water partition coefficient (Wildman–Crippen LogP) is 5.38. The topological polar surface area (TPSA) is 99.0 Å². The quantitative estimate of drug-likeness (QED) is 0.234. The van der Waals surface area contributed by atoms with Crippen LogP contribution in [0.15, 0.2) is 40.6 Å². The number of halogens is 2. The number of hydrogen-bond acceptors (Lipinski definition) is 8. The van der Waals surface area contributed by atoms with Crippen LogP contribution in [0.25, 0.3) is 0 Å². The Morgan fingerprint density at radius 3 is 2.12 bits per heavy atom. The number of azo groups is 1. The molecular weight excluding hydrogens is 473 g/mol. The zero-order chi connectivity index (χ0) is 24.5. The second-order valence-corrected chi connectivity index (χ2v) is 7.22. The van der Waals surface area contributed by atoms with Gasteiger partial charge in [0.15, 0.2) is 5.78 Å². The van der Waals surface area contributed by atoms with Gasteiger partial charge in [-0.2, -0.15) is 10.2 Å². The summed E-state index contributed by atoms with van der Waals surface area (Å²) >= 11 is 12.5. The number of Topliss-reactive ketones (excluding diaryl/α,β-unsaturated/α-hetero) is 1. The third-order valence-corrected chi connectivity index (χ3v) is 5.01. The van der Waals surface area contributed by atoms with Crippen molar-refractivity contribution >= 4 is 46.4 Å². The van der Waals surface area contributed by atoms with Crippen LogP contribution < -0.4 is 23.4 Å². The van der Waals surface area contributed by atoms with Crippen molar-refractivity contribution in [2.75, 3.05) is 31.9 Å². The molecule has 0 aromatic heterocycles. The Kier molecular flexibility index (Phi) is 9.74. The summed E-state index contributed by atoms with van der Waals surface area (Å²) < 4.78 is 22.2. The van der Waals surface area contributed by atoms with Gasteiger partial charge in [-0.3, -0.25) is 9.59 Å². The number of carbonyl (C=O) groups excluding carboxylic acids is 2. The molecule has 178 valence electrons. The van der Waals surface area contributed by atoms with E-state index in [1.807, 2.05) is 6.92 Å². The summed E-state index contributed by atoms with van der Waals surface area (Å²) in [5.41, 5.74) is 0.507. The van der Waals surface area contributed by atoms with Crippen LogP contribution in [0, 0.1) is 0 Å². The van der Waals surface area contributed by atoms with Gasteiger partial charge >= 0.3 is 0 Å². The van der Waals surface area contributed by atoms with Crippen molar-refractivity contribution < 1.29 is 28.5 Å². The first-order valence-corrected chi connectivity index (χ1v) is 10.7. The second kappa shape index (κ2) is 12.3. The molecule has 2 aromatic carbocycles. The van der Waals surface area contributed by atoms with Gasteiger partial charge in [0.05, 0.1) is 33.1 Å². The van der Waals surface area contributed by atoms with Gasteiger partial charge in [-0.25, -0.2) is 4.42 Å². The van der Waals surface area contributed by atoms with E-state index in [-0.39, 0.29) is 16.4 Å². The number of amides is 1. The average Bonchev–Trinajstić information content (AvgIpc) is 2.79. The van der Waals surface area contributed by atoms with Crippen LogP contribution in [0.4, 0.5) is 11.4 Å². The summed E-state index contributed by atoms with van der Waals surface area (Å²) in [4.78, 5) is 25.2. The lowest BCUT2D eigenvalue weighted by atomic mass is 10.2. The molecule has 1 atom stereocenters. The lowest BCUT2D eigenvalue weighted by Crippen LogP contribution is -2.36. The van der Waals surface area contributed by atoms with E-state index >= 15 is 0 Å². The first-order chi connectivity index (χ1) is 15.8. The fraction of sp³-hybridized carbons (Fsp3) is 0.364. The van der Waals surface area contributed by atoms with Gasteiger partial charge in [0.1, 0.15) is 33.7 Å². The van der Waals surface area contributed by atoms with Crippen LogP contribution >= 0.6 is 23.4 Å². The number of methoxy groups -OCH3 is 2. The molecule has 0 radical (unpaired) electrons. The molecule has 0 N–H and O–H groups in total. The average molecular weight is 498 g/mol. The van der Waals surface area contributed by atoms with E-state index in [0.29, 0.717) is 36.2 Å². The Balaban J connectivity index is 2.37. The fourth-order valence-electron chi connectivity index (χ4n) is 2.75. The van der Waals surface area contributed by atoms with Gasteiger partial charge in [-0.1, -0.05) is 11.6 Å². The summed E-state index contributed by atoms with van der Waals surface area (Å²) in [6, 6.07) is 6.31. The number of benzene rings is 2. The Morgan fingerprint density at radius 1 is 1.00 bits per heavy atom. The van der Waals surface area contributed by atoms with E-state index in [0.717, 1.165) is 4.42 Å². The van der Waals surface area contributed by atoms with Crippen molar-refractivity contribution in [1.29, 1.82) is 0 Å². The third kappa shape index (κ3) is 6.49. The fourth-order valence-corrected chi connectivity index (χ4v) is 3.25. The van der Waals surface area contributed by atoms with Crippen LogP contribution in [0.3, 0.4) is 0 Å². The highest BCUT2D eigenvalue weighted by atomic mass is 35.5. The van der Waals surface area contributed by atoms with Crippen LogP contribution in [0.2, 0.25) is 5.02 Å². The Morgan fingerprint density at radius 2 is 1.61 bits per heavy atom. The number of ether oxygens (including phenoxy) is 4. The minimum absolute atomic E-state index is 0.239. The molecule has 11 heteroatoms. The van der Waals surface area contributed by atoms with Crippen LogP contribution in [0.5, 0.6) is 23.0 Å². The summed E-state index contributed by atoms with van der Waals surface area (Å²) in [7, 11) is 2.86. The van der Waals surface area contributed by atoms with Crippen molar-refractivity contribution in [3.8, 4) is 23.0 Å². The van der Waals surface area contributed by atoms with Gasteiger partial charge < -0.3 is 18.9 Å². The van der Waals surface area contributed by atoms with Gasteiger partial charge in [0, 0.05) is 30.0 Å². The van der Waals surface area contributed by atoms with Crippen molar-refractivity contribution in [3.05, 3.63) is 35.4 Å².